The Hall–Kier alpha value is -2.82. The Labute approximate surface area is 148 Å². The van der Waals surface area contributed by atoms with Crippen molar-refractivity contribution >= 4 is 17.5 Å². The Morgan fingerprint density at radius 2 is 1.92 bits per heavy atom. The summed E-state index contributed by atoms with van der Waals surface area (Å²) in [6.07, 6.45) is 1.67. The summed E-state index contributed by atoms with van der Waals surface area (Å²) < 4.78 is 5.35. The van der Waals surface area contributed by atoms with Gasteiger partial charge in [0.2, 0.25) is 5.95 Å². The van der Waals surface area contributed by atoms with Crippen LogP contribution in [0.3, 0.4) is 0 Å². The highest BCUT2D eigenvalue weighted by molar-refractivity contribution is 5.64. The van der Waals surface area contributed by atoms with Crippen molar-refractivity contribution < 1.29 is 4.42 Å². The molecule has 25 heavy (non-hydrogen) atoms. The number of anilines is 3. The van der Waals surface area contributed by atoms with E-state index in [0.29, 0.717) is 18.4 Å². The second-order valence-corrected chi connectivity index (χ2v) is 6.47. The molecule has 5 heteroatoms. The lowest BCUT2D eigenvalue weighted by atomic mass is 9.98. The van der Waals surface area contributed by atoms with Crippen LogP contribution in [0.4, 0.5) is 17.5 Å². The van der Waals surface area contributed by atoms with Crippen LogP contribution >= 0.6 is 0 Å². The second kappa shape index (κ2) is 7.38. The van der Waals surface area contributed by atoms with E-state index in [2.05, 4.69) is 59.6 Å². The quantitative estimate of drug-likeness (QED) is 0.650. The van der Waals surface area contributed by atoms with Gasteiger partial charge in [-0.05, 0) is 43.0 Å². The Morgan fingerprint density at radius 3 is 2.64 bits per heavy atom. The highest BCUT2D eigenvalue weighted by Crippen LogP contribution is 2.29. The van der Waals surface area contributed by atoms with E-state index in [1.165, 1.54) is 11.1 Å². The molecule has 0 spiro atoms. The molecule has 0 saturated carbocycles. The van der Waals surface area contributed by atoms with Crippen molar-refractivity contribution in [1.82, 2.24) is 9.97 Å². The summed E-state index contributed by atoms with van der Waals surface area (Å²) >= 11 is 0. The molecule has 1 aromatic carbocycles. The predicted octanol–water partition coefficient (Wildman–Crippen LogP) is 5.17. The lowest BCUT2D eigenvalue weighted by Gasteiger charge is -2.17. The Morgan fingerprint density at radius 1 is 1.08 bits per heavy atom. The molecule has 0 aliphatic carbocycles. The zero-order valence-corrected chi connectivity index (χ0v) is 15.1. The van der Waals surface area contributed by atoms with Gasteiger partial charge < -0.3 is 15.1 Å². The average Bonchev–Trinajstić information content (AvgIpc) is 3.07. The molecule has 0 saturated heterocycles. The highest BCUT2D eigenvalue weighted by Gasteiger charge is 2.11. The molecule has 2 N–H and O–H groups in total. The van der Waals surface area contributed by atoms with Crippen molar-refractivity contribution in [2.24, 2.45) is 0 Å². The summed E-state index contributed by atoms with van der Waals surface area (Å²) in [5.41, 5.74) is 4.43. The Bertz CT molecular complexity index is 841. The summed E-state index contributed by atoms with van der Waals surface area (Å²) in [5, 5.41) is 6.69. The van der Waals surface area contributed by atoms with Gasteiger partial charge in [0, 0.05) is 17.4 Å². The molecule has 5 nitrogen and oxygen atoms in total. The van der Waals surface area contributed by atoms with Gasteiger partial charge in [0.05, 0.1) is 12.8 Å². The van der Waals surface area contributed by atoms with Gasteiger partial charge in [-0.3, -0.25) is 0 Å². The van der Waals surface area contributed by atoms with Crippen LogP contribution in [0, 0.1) is 13.8 Å². The number of nitrogens with one attached hydrogen (secondary N) is 2. The first kappa shape index (κ1) is 17.0. The number of hydrogen-bond acceptors (Lipinski definition) is 5. The molecule has 0 aliphatic heterocycles. The third-order valence-electron chi connectivity index (χ3n) is 4.04. The molecule has 2 aromatic heterocycles. The number of para-hydroxylation sites is 1. The van der Waals surface area contributed by atoms with Crippen LogP contribution in [0.25, 0.3) is 0 Å². The van der Waals surface area contributed by atoms with Crippen molar-refractivity contribution in [2.45, 2.75) is 40.2 Å². The molecule has 2 heterocycles. The molecule has 130 valence electrons. The normalized spacial score (nSPS) is 10.9. The van der Waals surface area contributed by atoms with E-state index >= 15 is 0 Å². The van der Waals surface area contributed by atoms with Crippen LogP contribution in [0.5, 0.6) is 0 Å². The van der Waals surface area contributed by atoms with E-state index in [-0.39, 0.29) is 0 Å². The van der Waals surface area contributed by atoms with Gasteiger partial charge in [0.1, 0.15) is 11.6 Å². The molecule has 0 atom stereocenters. The maximum absolute atomic E-state index is 5.35. The van der Waals surface area contributed by atoms with Crippen molar-refractivity contribution in [3.05, 3.63) is 65.2 Å². The predicted molar refractivity (Wildman–Crippen MR) is 101 cm³/mol. The second-order valence-electron chi connectivity index (χ2n) is 6.47. The monoisotopic (exact) mass is 336 g/mol. The lowest BCUT2D eigenvalue weighted by molar-refractivity contribution is 0.518. The first-order valence-electron chi connectivity index (χ1n) is 8.51. The van der Waals surface area contributed by atoms with Gasteiger partial charge in [0.15, 0.2) is 0 Å². The molecule has 0 amide bonds. The van der Waals surface area contributed by atoms with Gasteiger partial charge >= 0.3 is 0 Å². The van der Waals surface area contributed by atoms with E-state index in [9.17, 15) is 0 Å². The molecular formula is C20H24N4O. The zero-order valence-electron chi connectivity index (χ0n) is 15.1. The number of rotatable bonds is 6. The number of benzene rings is 1. The van der Waals surface area contributed by atoms with Crippen LogP contribution in [-0.2, 0) is 6.54 Å². The van der Waals surface area contributed by atoms with Crippen LogP contribution < -0.4 is 10.6 Å². The van der Waals surface area contributed by atoms with E-state index in [1.807, 2.05) is 25.1 Å². The van der Waals surface area contributed by atoms with Crippen molar-refractivity contribution in [3.8, 4) is 0 Å². The smallest absolute Gasteiger partial charge is 0.229 e. The molecule has 3 aromatic rings. The van der Waals surface area contributed by atoms with Crippen LogP contribution in [0.2, 0.25) is 0 Å². The maximum atomic E-state index is 5.35. The van der Waals surface area contributed by atoms with Gasteiger partial charge in [-0.15, -0.1) is 0 Å². The average molecular weight is 336 g/mol. The largest absolute Gasteiger partial charge is 0.467 e. The topological polar surface area (TPSA) is 63.0 Å². The van der Waals surface area contributed by atoms with Crippen molar-refractivity contribution in [3.63, 3.8) is 0 Å². The minimum Gasteiger partial charge on any atom is -0.467 e. The first-order valence-corrected chi connectivity index (χ1v) is 8.51. The fraction of sp³-hybridized carbons (Fsp3) is 0.300. The van der Waals surface area contributed by atoms with E-state index < -0.39 is 0 Å². The standard InChI is InChI=1S/C20H24N4O/c1-13(2)17-9-5-7-14(3)19(17)24-20-22-15(4)11-18(23-20)21-12-16-8-6-10-25-16/h5-11,13H,12H2,1-4H3,(H2,21,22,23,24). The molecule has 0 radical (unpaired) electrons. The fourth-order valence-corrected chi connectivity index (χ4v) is 2.76. The van der Waals surface area contributed by atoms with Crippen LogP contribution in [0.15, 0.2) is 47.1 Å². The van der Waals surface area contributed by atoms with Gasteiger partial charge in [-0.2, -0.15) is 4.98 Å². The molecule has 0 aliphatic rings. The third-order valence-corrected chi connectivity index (χ3v) is 4.04. The lowest BCUT2D eigenvalue weighted by Crippen LogP contribution is -2.07. The first-order chi connectivity index (χ1) is 12.0. The minimum absolute atomic E-state index is 0.420. The maximum Gasteiger partial charge on any atom is 0.229 e. The molecular weight excluding hydrogens is 312 g/mol. The highest BCUT2D eigenvalue weighted by atomic mass is 16.3. The Kier molecular flexibility index (Phi) is 5.03. The molecule has 3 rings (SSSR count). The molecule has 0 fully saturated rings. The van der Waals surface area contributed by atoms with E-state index in [1.54, 1.807) is 6.26 Å². The third kappa shape index (κ3) is 4.18. The van der Waals surface area contributed by atoms with Crippen molar-refractivity contribution in [2.75, 3.05) is 10.6 Å². The number of nitrogens with zero attached hydrogens (tertiary/aromatic N) is 2. The van der Waals surface area contributed by atoms with Crippen molar-refractivity contribution in [1.29, 1.82) is 0 Å². The zero-order chi connectivity index (χ0) is 17.8. The van der Waals surface area contributed by atoms with Gasteiger partial charge in [-0.25, -0.2) is 4.98 Å². The van der Waals surface area contributed by atoms with Gasteiger partial charge in [0.25, 0.3) is 0 Å². The van der Waals surface area contributed by atoms with Gasteiger partial charge in [-0.1, -0.05) is 32.0 Å². The molecule has 0 unspecified atom stereocenters. The number of aromatic nitrogens is 2. The number of hydrogen-bond donors (Lipinski definition) is 2. The summed E-state index contributed by atoms with van der Waals surface area (Å²) in [6, 6.07) is 12.1. The summed E-state index contributed by atoms with van der Waals surface area (Å²) in [7, 11) is 0. The summed E-state index contributed by atoms with van der Waals surface area (Å²) in [4.78, 5) is 9.12. The number of aryl methyl sites for hydroxylation is 2. The van der Waals surface area contributed by atoms with Crippen LogP contribution in [-0.4, -0.2) is 9.97 Å². The summed E-state index contributed by atoms with van der Waals surface area (Å²) in [5.74, 6) is 2.65. The Balaban J connectivity index is 1.83. The SMILES string of the molecule is Cc1cc(NCc2ccco2)nc(Nc2c(C)cccc2C(C)C)n1. The number of furan rings is 1. The minimum atomic E-state index is 0.420. The summed E-state index contributed by atoms with van der Waals surface area (Å²) in [6.45, 7) is 9.03. The fourth-order valence-electron chi connectivity index (χ4n) is 2.76. The van der Waals surface area contributed by atoms with Crippen LogP contribution in [0.1, 0.15) is 42.3 Å². The van der Waals surface area contributed by atoms with E-state index in [4.69, 9.17) is 4.42 Å². The molecule has 0 bridgehead atoms. The van der Waals surface area contributed by atoms with E-state index in [0.717, 1.165) is 23.0 Å².